The minimum Gasteiger partial charge on any atom is -0.308 e. The highest BCUT2D eigenvalue weighted by atomic mass is 16.2. The molecule has 24 heavy (non-hydrogen) atoms. The van der Waals surface area contributed by atoms with Gasteiger partial charge in [-0.2, -0.15) is 0 Å². The Morgan fingerprint density at radius 3 is 1.83 bits per heavy atom. The van der Waals surface area contributed by atoms with Gasteiger partial charge in [0.2, 0.25) is 17.8 Å². The molecule has 0 spiro atoms. The molecule has 130 valence electrons. The van der Waals surface area contributed by atoms with E-state index in [1.807, 2.05) is 0 Å². The molecular weight excluding hydrogens is 306 g/mol. The van der Waals surface area contributed by atoms with E-state index in [1.54, 1.807) is 0 Å². The third-order valence-corrected chi connectivity index (χ3v) is 5.00. The number of anilines is 2. The van der Waals surface area contributed by atoms with Crippen molar-refractivity contribution in [2.75, 3.05) is 10.6 Å². The van der Waals surface area contributed by atoms with E-state index in [2.05, 4.69) is 25.8 Å². The van der Waals surface area contributed by atoms with Crippen molar-refractivity contribution in [3.05, 3.63) is 6.20 Å². The molecule has 3 rings (SSSR count). The quantitative estimate of drug-likeness (QED) is 0.884. The largest absolute Gasteiger partial charge is 0.308 e. The standard InChI is InChI=1S/C17H25N5O2/c23-15(12-7-3-1-4-8-12)19-14-11-18-17(22-21-14)20-16(24)13-9-5-2-6-10-13/h11-13H,1-10H2,(H,19,21,23)(H,18,20,22,24). The van der Waals surface area contributed by atoms with Crippen molar-refractivity contribution >= 4 is 23.6 Å². The minimum absolute atomic E-state index is 0.00945. The summed E-state index contributed by atoms with van der Waals surface area (Å²) in [6.45, 7) is 0. The molecule has 0 atom stereocenters. The summed E-state index contributed by atoms with van der Waals surface area (Å²) in [5, 5.41) is 13.3. The molecule has 0 unspecified atom stereocenters. The molecule has 2 fully saturated rings. The van der Waals surface area contributed by atoms with Crippen molar-refractivity contribution < 1.29 is 9.59 Å². The number of hydrogen-bond acceptors (Lipinski definition) is 5. The molecule has 7 heteroatoms. The van der Waals surface area contributed by atoms with Crippen LogP contribution in [0.25, 0.3) is 0 Å². The maximum absolute atomic E-state index is 12.2. The van der Waals surface area contributed by atoms with E-state index in [9.17, 15) is 9.59 Å². The van der Waals surface area contributed by atoms with Gasteiger partial charge in [-0.15, -0.1) is 10.2 Å². The van der Waals surface area contributed by atoms with E-state index in [-0.39, 0.29) is 29.6 Å². The zero-order valence-electron chi connectivity index (χ0n) is 14.0. The lowest BCUT2D eigenvalue weighted by Gasteiger charge is -2.20. The highest BCUT2D eigenvalue weighted by Gasteiger charge is 2.23. The molecule has 2 N–H and O–H groups in total. The van der Waals surface area contributed by atoms with Crippen LogP contribution < -0.4 is 10.6 Å². The summed E-state index contributed by atoms with van der Waals surface area (Å²) in [5.74, 6) is 0.599. The van der Waals surface area contributed by atoms with Gasteiger partial charge in [0.1, 0.15) is 0 Å². The number of aromatic nitrogens is 3. The highest BCUT2D eigenvalue weighted by Crippen LogP contribution is 2.25. The number of nitrogens with zero attached hydrogens (tertiary/aromatic N) is 3. The van der Waals surface area contributed by atoms with Gasteiger partial charge in [0.15, 0.2) is 5.82 Å². The second kappa shape index (κ2) is 8.17. The second-order valence-electron chi connectivity index (χ2n) is 6.82. The minimum atomic E-state index is -0.0320. The van der Waals surface area contributed by atoms with Crippen LogP contribution in [0.2, 0.25) is 0 Å². The molecular formula is C17H25N5O2. The van der Waals surface area contributed by atoms with Crippen molar-refractivity contribution in [2.24, 2.45) is 11.8 Å². The van der Waals surface area contributed by atoms with Gasteiger partial charge in [-0.05, 0) is 25.7 Å². The van der Waals surface area contributed by atoms with E-state index >= 15 is 0 Å². The third-order valence-electron chi connectivity index (χ3n) is 5.00. The average Bonchev–Trinajstić information content (AvgIpc) is 2.65. The second-order valence-corrected chi connectivity index (χ2v) is 6.82. The molecule has 2 saturated carbocycles. The molecule has 2 aliphatic rings. The molecule has 0 bridgehead atoms. The number of nitrogens with one attached hydrogen (secondary N) is 2. The Kier molecular flexibility index (Phi) is 5.72. The van der Waals surface area contributed by atoms with Crippen LogP contribution in [-0.2, 0) is 9.59 Å². The maximum Gasteiger partial charge on any atom is 0.249 e. The first kappa shape index (κ1) is 16.8. The summed E-state index contributed by atoms with van der Waals surface area (Å²) in [5.41, 5.74) is 0. The lowest BCUT2D eigenvalue weighted by atomic mass is 9.89. The van der Waals surface area contributed by atoms with E-state index < -0.39 is 0 Å². The van der Waals surface area contributed by atoms with Crippen LogP contribution >= 0.6 is 0 Å². The molecule has 7 nitrogen and oxygen atoms in total. The van der Waals surface area contributed by atoms with E-state index in [0.29, 0.717) is 5.82 Å². The molecule has 2 amide bonds. The van der Waals surface area contributed by atoms with Gasteiger partial charge in [0.25, 0.3) is 0 Å². The SMILES string of the molecule is O=C(Nc1cnc(NC(=O)C2CCCCC2)nn1)C1CCCCC1. The summed E-state index contributed by atoms with van der Waals surface area (Å²) in [6.07, 6.45) is 12.0. The van der Waals surface area contributed by atoms with Crippen LogP contribution in [0.5, 0.6) is 0 Å². The molecule has 2 aliphatic carbocycles. The van der Waals surface area contributed by atoms with E-state index in [0.717, 1.165) is 51.4 Å². The Bertz CT molecular complexity index is 512. The third kappa shape index (κ3) is 4.49. The summed E-state index contributed by atoms with van der Waals surface area (Å²) >= 11 is 0. The van der Waals surface area contributed by atoms with Crippen molar-refractivity contribution in [1.82, 2.24) is 15.2 Å². The lowest BCUT2D eigenvalue weighted by molar-refractivity contribution is -0.121. The van der Waals surface area contributed by atoms with Crippen molar-refractivity contribution in [3.8, 4) is 0 Å². The van der Waals surface area contributed by atoms with Gasteiger partial charge in [-0.3, -0.25) is 14.9 Å². The van der Waals surface area contributed by atoms with Crippen LogP contribution in [-0.4, -0.2) is 27.0 Å². The summed E-state index contributed by atoms with van der Waals surface area (Å²) in [7, 11) is 0. The zero-order valence-corrected chi connectivity index (χ0v) is 14.0. The van der Waals surface area contributed by atoms with Crippen molar-refractivity contribution in [1.29, 1.82) is 0 Å². The van der Waals surface area contributed by atoms with Crippen LogP contribution in [0, 0.1) is 11.8 Å². The van der Waals surface area contributed by atoms with Crippen LogP contribution in [0.3, 0.4) is 0 Å². The Morgan fingerprint density at radius 2 is 1.33 bits per heavy atom. The molecule has 1 aromatic rings. The summed E-state index contributed by atoms with van der Waals surface area (Å²) in [6, 6.07) is 0. The maximum atomic E-state index is 12.2. The fourth-order valence-electron chi connectivity index (χ4n) is 3.56. The smallest absolute Gasteiger partial charge is 0.249 e. The predicted octanol–water partition coefficient (Wildman–Crippen LogP) is 2.91. The number of carbonyl (C=O) groups is 2. The molecule has 0 saturated heterocycles. The van der Waals surface area contributed by atoms with E-state index in [4.69, 9.17) is 0 Å². The Hall–Kier alpha value is -2.05. The van der Waals surface area contributed by atoms with Crippen molar-refractivity contribution in [2.45, 2.75) is 64.2 Å². The molecule has 0 radical (unpaired) electrons. The Balaban J connectivity index is 1.51. The number of hydrogen-bond donors (Lipinski definition) is 2. The number of carbonyl (C=O) groups excluding carboxylic acids is 2. The van der Waals surface area contributed by atoms with Gasteiger partial charge in [0, 0.05) is 11.8 Å². The van der Waals surface area contributed by atoms with Gasteiger partial charge < -0.3 is 5.32 Å². The van der Waals surface area contributed by atoms with Gasteiger partial charge >= 0.3 is 0 Å². The molecule has 0 aromatic carbocycles. The van der Waals surface area contributed by atoms with E-state index in [1.165, 1.54) is 19.0 Å². The Labute approximate surface area is 142 Å². The summed E-state index contributed by atoms with van der Waals surface area (Å²) < 4.78 is 0. The van der Waals surface area contributed by atoms with Gasteiger partial charge in [0.05, 0.1) is 6.20 Å². The topological polar surface area (TPSA) is 96.9 Å². The monoisotopic (exact) mass is 331 g/mol. The van der Waals surface area contributed by atoms with Gasteiger partial charge in [-0.1, -0.05) is 38.5 Å². The molecule has 0 aliphatic heterocycles. The first-order valence-corrected chi connectivity index (χ1v) is 9.04. The average molecular weight is 331 g/mol. The Morgan fingerprint density at radius 1 is 0.792 bits per heavy atom. The van der Waals surface area contributed by atoms with Crippen LogP contribution in [0.1, 0.15) is 64.2 Å². The fraction of sp³-hybridized carbons (Fsp3) is 0.706. The number of amides is 2. The normalized spacial score (nSPS) is 19.7. The van der Waals surface area contributed by atoms with Crippen LogP contribution in [0.4, 0.5) is 11.8 Å². The van der Waals surface area contributed by atoms with Crippen molar-refractivity contribution in [3.63, 3.8) is 0 Å². The fourth-order valence-corrected chi connectivity index (χ4v) is 3.56. The highest BCUT2D eigenvalue weighted by molar-refractivity contribution is 5.92. The molecule has 1 heterocycles. The lowest BCUT2D eigenvalue weighted by Crippen LogP contribution is -2.27. The first-order valence-electron chi connectivity index (χ1n) is 9.04. The predicted molar refractivity (Wildman–Crippen MR) is 90.2 cm³/mol. The first-order chi connectivity index (χ1) is 11.7. The molecule has 1 aromatic heterocycles. The summed E-state index contributed by atoms with van der Waals surface area (Å²) in [4.78, 5) is 28.4. The van der Waals surface area contributed by atoms with Crippen LogP contribution in [0.15, 0.2) is 6.20 Å². The zero-order chi connectivity index (χ0) is 16.8. The van der Waals surface area contributed by atoms with Gasteiger partial charge in [-0.25, -0.2) is 4.98 Å². The number of rotatable bonds is 4.